The van der Waals surface area contributed by atoms with Crippen molar-refractivity contribution in [3.05, 3.63) is 73.6 Å². The number of amides is 2. The number of anilines is 1. The molecule has 4 aromatic rings. The Hall–Kier alpha value is -4.57. The maximum atomic E-state index is 12.5. The summed E-state index contributed by atoms with van der Waals surface area (Å²) in [7, 11) is 0. The Kier molecular flexibility index (Phi) is 7.41. The third kappa shape index (κ3) is 5.25. The number of carbonyl (C=O) groups is 2. The zero-order valence-electron chi connectivity index (χ0n) is 20.8. The van der Waals surface area contributed by atoms with Gasteiger partial charge >= 0.3 is 0 Å². The number of hydrogen-bond acceptors (Lipinski definition) is 7. The second-order valence-electron chi connectivity index (χ2n) is 8.96. The van der Waals surface area contributed by atoms with Crippen LogP contribution in [0.25, 0.3) is 22.3 Å². The van der Waals surface area contributed by atoms with Gasteiger partial charge in [-0.25, -0.2) is 14.6 Å². The van der Waals surface area contributed by atoms with Crippen LogP contribution in [0.3, 0.4) is 0 Å². The molecule has 3 heterocycles. The van der Waals surface area contributed by atoms with Crippen molar-refractivity contribution in [2.24, 2.45) is 0 Å². The highest BCUT2D eigenvalue weighted by Gasteiger charge is 2.29. The average molecular weight is 513 g/mol. The molecule has 1 fully saturated rings. The Morgan fingerprint density at radius 3 is 2.61 bits per heavy atom. The first-order chi connectivity index (χ1) is 18.6. The highest BCUT2D eigenvalue weighted by atomic mass is 16.5. The average Bonchev–Trinajstić information content (AvgIpc) is 3.35. The van der Waals surface area contributed by atoms with Gasteiger partial charge in [-0.1, -0.05) is 24.8 Å². The van der Waals surface area contributed by atoms with Crippen LogP contribution in [0.2, 0.25) is 0 Å². The minimum Gasteiger partial charge on any atom is -0.457 e. The minimum absolute atomic E-state index is 0.0866. The number of likely N-dealkylation sites (tertiary alicyclic amines) is 1. The van der Waals surface area contributed by atoms with Gasteiger partial charge in [-0.3, -0.25) is 9.59 Å². The van der Waals surface area contributed by atoms with E-state index in [0.29, 0.717) is 41.4 Å². The number of nitrogens with zero attached hydrogens (tertiary/aromatic N) is 5. The van der Waals surface area contributed by atoms with Gasteiger partial charge in [-0.15, -0.1) is 0 Å². The number of benzene rings is 2. The number of carbonyl (C=O) groups excluding carboxylic acids is 2. The van der Waals surface area contributed by atoms with Gasteiger partial charge in [0.25, 0.3) is 0 Å². The fraction of sp³-hybridized carbons (Fsp3) is 0.250. The number of aliphatic hydroxyl groups is 1. The molecule has 38 heavy (non-hydrogen) atoms. The first kappa shape index (κ1) is 25.1. The van der Waals surface area contributed by atoms with E-state index in [2.05, 4.69) is 21.9 Å². The summed E-state index contributed by atoms with van der Waals surface area (Å²) >= 11 is 0. The summed E-state index contributed by atoms with van der Waals surface area (Å²) in [6, 6.07) is 16.9. The van der Waals surface area contributed by atoms with Crippen LogP contribution in [-0.2, 0) is 9.59 Å². The maximum Gasteiger partial charge on any atom is 0.248 e. The molecule has 194 valence electrons. The van der Waals surface area contributed by atoms with E-state index in [-0.39, 0.29) is 25.0 Å². The molecule has 0 radical (unpaired) electrons. The lowest BCUT2D eigenvalue weighted by Gasteiger charge is -2.33. The van der Waals surface area contributed by atoms with Crippen molar-refractivity contribution < 1.29 is 19.4 Å². The smallest absolute Gasteiger partial charge is 0.248 e. The maximum absolute atomic E-state index is 12.5. The summed E-state index contributed by atoms with van der Waals surface area (Å²) in [5.41, 5.74) is 1.95. The normalized spacial score (nSPS) is 15.3. The Morgan fingerprint density at radius 1 is 1.11 bits per heavy atom. The fourth-order valence-electron chi connectivity index (χ4n) is 4.63. The highest BCUT2D eigenvalue weighted by molar-refractivity contribution is 6.07. The predicted octanol–water partition coefficient (Wildman–Crippen LogP) is 3.96. The van der Waals surface area contributed by atoms with E-state index in [4.69, 9.17) is 9.84 Å². The lowest BCUT2D eigenvalue weighted by molar-refractivity contribution is -0.133. The summed E-state index contributed by atoms with van der Waals surface area (Å²) in [6.45, 7) is 4.45. The Morgan fingerprint density at radius 2 is 1.87 bits per heavy atom. The molecule has 2 aromatic heterocycles. The van der Waals surface area contributed by atoms with Crippen molar-refractivity contribution in [3.63, 3.8) is 0 Å². The van der Waals surface area contributed by atoms with Crippen molar-refractivity contribution in [2.75, 3.05) is 25.0 Å². The minimum atomic E-state index is -0.395. The zero-order chi connectivity index (χ0) is 26.5. The van der Waals surface area contributed by atoms with Crippen LogP contribution in [0.1, 0.15) is 25.3 Å². The topological polar surface area (TPSA) is 122 Å². The van der Waals surface area contributed by atoms with Gasteiger partial charge < -0.3 is 20.1 Å². The number of hydrogen-bond donors (Lipinski definition) is 2. The van der Waals surface area contributed by atoms with E-state index < -0.39 is 5.91 Å². The van der Waals surface area contributed by atoms with Crippen molar-refractivity contribution in [1.82, 2.24) is 24.6 Å². The number of aliphatic hydroxyl groups excluding tert-OH is 1. The van der Waals surface area contributed by atoms with Gasteiger partial charge in [0.05, 0.1) is 18.0 Å². The Bertz CT molecular complexity index is 1450. The molecule has 0 bridgehead atoms. The number of ether oxygens (including phenoxy) is 1. The molecule has 10 heteroatoms. The van der Waals surface area contributed by atoms with Crippen molar-refractivity contribution >= 4 is 28.7 Å². The van der Waals surface area contributed by atoms with Gasteiger partial charge in [-0.2, -0.15) is 5.10 Å². The molecule has 1 aliphatic rings. The molecule has 5 rings (SSSR count). The molecule has 0 saturated carbocycles. The molecule has 2 amide bonds. The third-order valence-corrected chi connectivity index (χ3v) is 6.44. The molecule has 0 aliphatic carbocycles. The van der Waals surface area contributed by atoms with Crippen molar-refractivity contribution in [3.8, 4) is 22.8 Å². The molecule has 0 unspecified atom stereocenters. The molecule has 1 atom stereocenters. The number of aromatic nitrogens is 4. The molecule has 2 aromatic carbocycles. The second-order valence-corrected chi connectivity index (χ2v) is 8.96. The monoisotopic (exact) mass is 512 g/mol. The molecule has 0 spiro atoms. The summed E-state index contributed by atoms with van der Waals surface area (Å²) in [6.07, 6.45) is 4.27. The Labute approximate surface area is 219 Å². The van der Waals surface area contributed by atoms with Crippen molar-refractivity contribution in [1.29, 1.82) is 0 Å². The lowest BCUT2D eigenvalue weighted by Crippen LogP contribution is -2.41. The number of para-hydroxylation sites is 1. The molecular formula is C28H28N6O4. The van der Waals surface area contributed by atoms with Crippen molar-refractivity contribution in [2.45, 2.75) is 25.3 Å². The molecule has 1 saturated heterocycles. The summed E-state index contributed by atoms with van der Waals surface area (Å²) in [5.74, 6) is 1.25. The van der Waals surface area contributed by atoms with Gasteiger partial charge in [-0.05, 0) is 55.3 Å². The van der Waals surface area contributed by atoms with Gasteiger partial charge in [0.2, 0.25) is 11.8 Å². The van der Waals surface area contributed by atoms with E-state index in [0.717, 1.165) is 24.2 Å². The number of rotatable bonds is 8. The lowest BCUT2D eigenvalue weighted by atomic mass is 10.1. The summed E-state index contributed by atoms with van der Waals surface area (Å²) in [4.78, 5) is 35.3. The Balaban J connectivity index is 1.54. The summed E-state index contributed by atoms with van der Waals surface area (Å²) < 4.78 is 7.75. The first-order valence-electron chi connectivity index (χ1n) is 12.5. The van der Waals surface area contributed by atoms with Gasteiger partial charge in [0, 0.05) is 25.1 Å². The van der Waals surface area contributed by atoms with Crippen LogP contribution in [0, 0.1) is 0 Å². The van der Waals surface area contributed by atoms with Gasteiger partial charge in [0.1, 0.15) is 29.3 Å². The van der Waals surface area contributed by atoms with Crippen LogP contribution in [-0.4, -0.2) is 61.3 Å². The number of nitrogens with one attached hydrogen (secondary N) is 1. The first-order valence-corrected chi connectivity index (χ1v) is 12.5. The predicted molar refractivity (Wildman–Crippen MR) is 143 cm³/mol. The van der Waals surface area contributed by atoms with Crippen LogP contribution in [0.4, 0.5) is 5.82 Å². The fourth-order valence-corrected chi connectivity index (χ4v) is 4.63. The van der Waals surface area contributed by atoms with E-state index in [1.165, 1.54) is 12.4 Å². The molecule has 2 N–H and O–H groups in total. The largest absolute Gasteiger partial charge is 0.457 e. The number of piperidine rings is 1. The highest BCUT2D eigenvalue weighted by Crippen LogP contribution is 2.35. The summed E-state index contributed by atoms with van der Waals surface area (Å²) in [5, 5.41) is 17.5. The molecule has 1 aliphatic heterocycles. The molecule has 10 nitrogen and oxygen atoms in total. The quantitative estimate of drug-likeness (QED) is 0.343. The van der Waals surface area contributed by atoms with E-state index in [9.17, 15) is 14.7 Å². The molecular weight excluding hydrogens is 484 g/mol. The second kappa shape index (κ2) is 11.2. The van der Waals surface area contributed by atoms with Crippen LogP contribution in [0.15, 0.2) is 73.6 Å². The van der Waals surface area contributed by atoms with Crippen LogP contribution >= 0.6 is 0 Å². The SMILES string of the molecule is C=CC(=O)Nc1ncnc2c1c(-c1ccc(Oc3ccccc3)cc1)nn2[C@@H]1CCCN(C(=O)CCO)C1. The standard InChI is InChI=1S/C28H28N6O4/c1-2-23(36)31-27-25-26(19-10-12-22(13-11-19)38-21-8-4-3-5-9-21)32-34(28(25)30-18-29-27)20-7-6-15-33(17-20)24(37)14-16-35/h2-5,8-13,18,20,35H,1,6-7,14-17H2,(H,29,30,31,36)/t20-/m1/s1. The third-order valence-electron chi connectivity index (χ3n) is 6.44. The van der Waals surface area contributed by atoms with E-state index >= 15 is 0 Å². The zero-order valence-corrected chi connectivity index (χ0v) is 20.8. The van der Waals surface area contributed by atoms with Gasteiger partial charge in [0.15, 0.2) is 5.65 Å². The van der Waals surface area contributed by atoms with Crippen LogP contribution < -0.4 is 10.1 Å². The van der Waals surface area contributed by atoms with Crippen LogP contribution in [0.5, 0.6) is 11.5 Å². The number of fused-ring (bicyclic) bond motifs is 1. The van der Waals surface area contributed by atoms with E-state index in [1.807, 2.05) is 59.3 Å². The van der Waals surface area contributed by atoms with E-state index in [1.54, 1.807) is 4.90 Å².